The minimum atomic E-state index is -0.790. The molecule has 0 fully saturated rings. The van der Waals surface area contributed by atoms with E-state index >= 15 is 0 Å². The van der Waals surface area contributed by atoms with E-state index in [1.165, 1.54) is 0 Å². The summed E-state index contributed by atoms with van der Waals surface area (Å²) < 4.78 is 11.2. The van der Waals surface area contributed by atoms with Crippen molar-refractivity contribution >= 4 is 5.97 Å². The molecule has 0 aliphatic carbocycles. The van der Waals surface area contributed by atoms with Crippen molar-refractivity contribution in [1.82, 2.24) is 15.0 Å². The molecule has 1 aliphatic rings. The van der Waals surface area contributed by atoms with Gasteiger partial charge in [-0.05, 0) is 56.0 Å². The topological polar surface area (TPSA) is 112 Å². The molecule has 3 aromatic rings. The predicted octanol–water partition coefficient (Wildman–Crippen LogP) is 4.28. The largest absolute Gasteiger partial charge is 0.490 e. The van der Waals surface area contributed by atoms with E-state index in [1.807, 2.05) is 43.9 Å². The van der Waals surface area contributed by atoms with Gasteiger partial charge in [0.05, 0.1) is 11.7 Å². The lowest BCUT2D eigenvalue weighted by Crippen LogP contribution is -2.43. The highest BCUT2D eigenvalue weighted by Crippen LogP contribution is 2.32. The van der Waals surface area contributed by atoms with Gasteiger partial charge in [0, 0.05) is 24.2 Å². The zero-order valence-corrected chi connectivity index (χ0v) is 18.9. The van der Waals surface area contributed by atoms with Crippen LogP contribution in [0.5, 0.6) is 5.75 Å². The molecule has 1 unspecified atom stereocenters. The molecule has 0 bridgehead atoms. The number of nitriles is 1. The molecule has 8 nitrogen and oxygen atoms in total. The summed E-state index contributed by atoms with van der Waals surface area (Å²) in [7, 11) is 0. The second-order valence-electron chi connectivity index (χ2n) is 8.34. The monoisotopic (exact) mass is 446 g/mol. The van der Waals surface area contributed by atoms with Crippen LogP contribution < -0.4 is 4.74 Å². The first-order chi connectivity index (χ1) is 15.9. The molecule has 1 aromatic heterocycles. The Balaban J connectivity index is 1.62. The van der Waals surface area contributed by atoms with Gasteiger partial charge in [0.25, 0.3) is 5.89 Å². The number of aliphatic carboxylic acids is 1. The molecule has 1 aliphatic heterocycles. The van der Waals surface area contributed by atoms with E-state index < -0.39 is 12.0 Å². The first-order valence-corrected chi connectivity index (χ1v) is 11.0. The second-order valence-corrected chi connectivity index (χ2v) is 8.34. The summed E-state index contributed by atoms with van der Waals surface area (Å²) >= 11 is 0. The maximum absolute atomic E-state index is 11.6. The lowest BCUT2D eigenvalue weighted by molar-refractivity contribution is -0.143. The molecule has 33 heavy (non-hydrogen) atoms. The van der Waals surface area contributed by atoms with Crippen LogP contribution in [0.4, 0.5) is 0 Å². The van der Waals surface area contributed by atoms with Crippen LogP contribution in [-0.4, -0.2) is 44.8 Å². The molecule has 0 saturated heterocycles. The normalized spacial score (nSPS) is 14.5. The first-order valence-electron chi connectivity index (χ1n) is 11.0. The first kappa shape index (κ1) is 22.5. The summed E-state index contributed by atoms with van der Waals surface area (Å²) in [5, 5.41) is 23.2. The zero-order chi connectivity index (χ0) is 23.5. The number of aromatic nitrogens is 2. The van der Waals surface area contributed by atoms with E-state index in [4.69, 9.17) is 9.26 Å². The summed E-state index contributed by atoms with van der Waals surface area (Å²) in [6.45, 7) is 6.93. The number of rotatable bonds is 7. The lowest BCUT2D eigenvalue weighted by atomic mass is 9.93. The van der Waals surface area contributed by atoms with Crippen molar-refractivity contribution in [2.45, 2.75) is 52.3 Å². The van der Waals surface area contributed by atoms with Crippen molar-refractivity contribution in [3.05, 3.63) is 53.1 Å². The number of nitrogens with zero attached hydrogens (tertiary/aromatic N) is 4. The number of hydrogen-bond donors (Lipinski definition) is 1. The number of carboxylic acid groups (broad SMARTS) is 1. The number of fused-ring (bicyclic) bond motifs is 1. The molecule has 1 N–H and O–H groups in total. The number of benzene rings is 2. The number of carbonyl (C=O) groups is 1. The molecule has 0 saturated carbocycles. The van der Waals surface area contributed by atoms with Gasteiger partial charge in [0.15, 0.2) is 0 Å². The Kier molecular flexibility index (Phi) is 6.43. The molecular weight excluding hydrogens is 420 g/mol. The van der Waals surface area contributed by atoms with Gasteiger partial charge < -0.3 is 14.4 Å². The van der Waals surface area contributed by atoms with Crippen molar-refractivity contribution in [3.63, 3.8) is 0 Å². The molecule has 0 radical (unpaired) electrons. The third kappa shape index (κ3) is 4.59. The Bertz CT molecular complexity index is 1210. The van der Waals surface area contributed by atoms with E-state index in [1.54, 1.807) is 18.2 Å². The van der Waals surface area contributed by atoms with Gasteiger partial charge in [-0.15, -0.1) is 0 Å². The Labute approximate surface area is 192 Å². The summed E-state index contributed by atoms with van der Waals surface area (Å²) in [5.74, 6) is 0.525. The van der Waals surface area contributed by atoms with Gasteiger partial charge in [-0.2, -0.15) is 10.2 Å². The van der Waals surface area contributed by atoms with E-state index in [-0.39, 0.29) is 6.10 Å². The Hall–Kier alpha value is -3.70. The van der Waals surface area contributed by atoms with Crippen LogP contribution >= 0.6 is 0 Å². The maximum Gasteiger partial charge on any atom is 0.320 e. The molecule has 0 amide bonds. The van der Waals surface area contributed by atoms with Crippen LogP contribution in [0.2, 0.25) is 0 Å². The van der Waals surface area contributed by atoms with Crippen molar-refractivity contribution in [3.8, 4) is 34.7 Å². The quantitative estimate of drug-likeness (QED) is 0.572. The number of ether oxygens (including phenoxy) is 1. The van der Waals surface area contributed by atoms with Gasteiger partial charge in [-0.3, -0.25) is 9.69 Å². The highest BCUT2D eigenvalue weighted by Gasteiger charge is 2.29. The van der Waals surface area contributed by atoms with Crippen LogP contribution in [0.15, 0.2) is 40.9 Å². The van der Waals surface area contributed by atoms with Gasteiger partial charge in [0.2, 0.25) is 5.82 Å². The SMILES string of the molecule is CCC(C(=O)O)N1CCc2c(cccc2-c2noc(-c3ccc(OC(C)C)c(C#N)c3)n2)C1. The summed E-state index contributed by atoms with van der Waals surface area (Å²) in [4.78, 5) is 18.2. The average molecular weight is 447 g/mol. The van der Waals surface area contributed by atoms with Gasteiger partial charge in [-0.25, -0.2) is 0 Å². The Morgan fingerprint density at radius 2 is 2.15 bits per heavy atom. The maximum atomic E-state index is 11.6. The second kappa shape index (κ2) is 9.43. The molecular formula is C25H26N4O4. The van der Waals surface area contributed by atoms with Crippen molar-refractivity contribution in [2.75, 3.05) is 6.54 Å². The van der Waals surface area contributed by atoms with Crippen LogP contribution in [-0.2, 0) is 17.8 Å². The van der Waals surface area contributed by atoms with Gasteiger partial charge in [0.1, 0.15) is 17.9 Å². The zero-order valence-electron chi connectivity index (χ0n) is 18.9. The minimum absolute atomic E-state index is 0.0405. The summed E-state index contributed by atoms with van der Waals surface area (Å²) in [6, 6.07) is 12.8. The van der Waals surface area contributed by atoms with E-state index in [0.717, 1.165) is 16.7 Å². The highest BCUT2D eigenvalue weighted by atomic mass is 16.5. The fraction of sp³-hybridized carbons (Fsp3) is 0.360. The van der Waals surface area contributed by atoms with E-state index in [0.29, 0.717) is 54.5 Å². The molecule has 2 aromatic carbocycles. The average Bonchev–Trinajstić information content (AvgIpc) is 3.29. The third-order valence-corrected chi connectivity index (χ3v) is 5.78. The molecule has 1 atom stereocenters. The van der Waals surface area contributed by atoms with E-state index in [9.17, 15) is 15.2 Å². The summed E-state index contributed by atoms with van der Waals surface area (Å²) in [5.41, 5.74) is 4.11. The summed E-state index contributed by atoms with van der Waals surface area (Å²) in [6.07, 6.45) is 1.23. The van der Waals surface area contributed by atoms with Gasteiger partial charge >= 0.3 is 5.97 Å². The molecule has 170 valence electrons. The van der Waals surface area contributed by atoms with Crippen molar-refractivity contribution in [2.24, 2.45) is 0 Å². The lowest BCUT2D eigenvalue weighted by Gasteiger charge is -2.33. The number of carboxylic acids is 1. The molecule has 2 heterocycles. The van der Waals surface area contributed by atoms with Crippen LogP contribution in [0.3, 0.4) is 0 Å². The van der Waals surface area contributed by atoms with Gasteiger partial charge in [-0.1, -0.05) is 30.3 Å². The van der Waals surface area contributed by atoms with Crippen LogP contribution in [0, 0.1) is 11.3 Å². The predicted molar refractivity (Wildman–Crippen MR) is 121 cm³/mol. The Morgan fingerprint density at radius 3 is 2.85 bits per heavy atom. The fourth-order valence-corrected chi connectivity index (χ4v) is 4.25. The van der Waals surface area contributed by atoms with Crippen LogP contribution in [0.25, 0.3) is 22.8 Å². The molecule has 0 spiro atoms. The van der Waals surface area contributed by atoms with Crippen molar-refractivity contribution < 1.29 is 19.2 Å². The van der Waals surface area contributed by atoms with Crippen LogP contribution in [0.1, 0.15) is 43.9 Å². The third-order valence-electron chi connectivity index (χ3n) is 5.78. The fourth-order valence-electron chi connectivity index (χ4n) is 4.25. The smallest absolute Gasteiger partial charge is 0.320 e. The number of hydrogen-bond acceptors (Lipinski definition) is 7. The molecule has 8 heteroatoms. The Morgan fingerprint density at radius 1 is 1.33 bits per heavy atom. The van der Waals surface area contributed by atoms with E-state index in [2.05, 4.69) is 16.2 Å². The molecule has 4 rings (SSSR count). The highest BCUT2D eigenvalue weighted by molar-refractivity contribution is 5.73. The standard InChI is InChI=1S/C25H26N4O4/c1-4-21(25(30)31)29-11-10-19-17(14-29)6-5-7-20(19)23-27-24(33-28-23)16-8-9-22(32-15(2)3)18(12-16)13-26/h5-9,12,15,21H,4,10-11,14H2,1-3H3,(H,30,31). The van der Waals surface area contributed by atoms with Crippen molar-refractivity contribution in [1.29, 1.82) is 5.26 Å². The minimum Gasteiger partial charge on any atom is -0.490 e.